The molecule has 182 valence electrons. The van der Waals surface area contributed by atoms with Crippen LogP contribution in [0.1, 0.15) is 40.5 Å². The number of hydrogen-bond acceptors (Lipinski definition) is 4. The van der Waals surface area contributed by atoms with Crippen LogP contribution in [0.2, 0.25) is 0 Å². The van der Waals surface area contributed by atoms with Crippen molar-refractivity contribution in [3.05, 3.63) is 71.9 Å². The molecule has 3 N–H and O–H groups in total. The molecule has 2 aliphatic carbocycles. The van der Waals surface area contributed by atoms with Gasteiger partial charge in [-0.15, -0.1) is 0 Å². The molecule has 2 rings (SSSR count). The van der Waals surface area contributed by atoms with Gasteiger partial charge >= 0.3 is 0 Å². The average Bonchev–Trinajstić information content (AvgIpc) is 3.23. The van der Waals surface area contributed by atoms with Gasteiger partial charge in [0.2, 0.25) is 5.91 Å². The van der Waals surface area contributed by atoms with Crippen LogP contribution in [0.3, 0.4) is 0 Å². The Morgan fingerprint density at radius 1 is 1.12 bits per heavy atom. The van der Waals surface area contributed by atoms with E-state index >= 15 is 0 Å². The van der Waals surface area contributed by atoms with E-state index in [1.54, 1.807) is 7.05 Å². The van der Waals surface area contributed by atoms with Crippen LogP contribution in [0.25, 0.3) is 0 Å². The maximum atomic E-state index is 12.4. The molecule has 6 heteroatoms. The molecule has 2 unspecified atom stereocenters. The van der Waals surface area contributed by atoms with Crippen molar-refractivity contribution < 1.29 is 9.59 Å². The van der Waals surface area contributed by atoms with Gasteiger partial charge in [-0.3, -0.25) is 9.79 Å². The first-order valence-electron chi connectivity index (χ1n) is 11.7. The topological polar surface area (TPSA) is 82.6 Å². The molecule has 0 saturated heterocycles. The van der Waals surface area contributed by atoms with Crippen molar-refractivity contribution in [1.29, 1.82) is 0 Å². The Kier molecular flexibility index (Phi) is 17.9. The monoisotopic (exact) mass is 454 g/mol. The minimum absolute atomic E-state index is 0.0600. The number of hydrogen-bond donors (Lipinski definition) is 3. The first-order chi connectivity index (χ1) is 16.1. The number of likely N-dealkylation sites (N-methyl/N-ethyl adjacent to an activating group) is 1. The second kappa shape index (κ2) is 19.7. The van der Waals surface area contributed by atoms with Gasteiger partial charge in [0.05, 0.1) is 6.04 Å². The molecule has 2 atom stereocenters. The summed E-state index contributed by atoms with van der Waals surface area (Å²) in [5.74, 6) is 0.848. The predicted molar refractivity (Wildman–Crippen MR) is 141 cm³/mol. The van der Waals surface area contributed by atoms with Crippen molar-refractivity contribution in [3.8, 4) is 0 Å². The van der Waals surface area contributed by atoms with E-state index in [9.17, 15) is 4.79 Å². The number of carbonyl (C=O) groups excluding carboxylic acids is 2. The molecular weight excluding hydrogens is 412 g/mol. The zero-order valence-corrected chi connectivity index (χ0v) is 21.1. The molecule has 0 aliphatic heterocycles. The summed E-state index contributed by atoms with van der Waals surface area (Å²) in [5, 5.41) is 9.64. The first-order valence-corrected chi connectivity index (χ1v) is 11.7. The standard InChI is InChI=1S/C23H32N4O.C2H4O.C2H6/c1-18(17-19-11-7-4-5-8-12-19)23(28)27-16-15-26-22(25-3)20-13-9-6-10-14-21(20)24-2;1-2-3;1-2/h4,6-14,18,21,24H,5,15-17H2,1-3H3,(H,25,26)(H,27,28);2H,1H3;1-2H3. The maximum Gasteiger partial charge on any atom is 0.223 e. The summed E-state index contributed by atoms with van der Waals surface area (Å²) in [5.41, 5.74) is 2.27. The largest absolute Gasteiger partial charge is 0.368 e. The van der Waals surface area contributed by atoms with Gasteiger partial charge in [-0.05, 0) is 32.4 Å². The zero-order valence-electron chi connectivity index (χ0n) is 21.1. The summed E-state index contributed by atoms with van der Waals surface area (Å²) >= 11 is 0. The van der Waals surface area contributed by atoms with Gasteiger partial charge in [0.25, 0.3) is 0 Å². The van der Waals surface area contributed by atoms with Crippen molar-refractivity contribution in [2.75, 3.05) is 27.2 Å². The van der Waals surface area contributed by atoms with Gasteiger partial charge in [0, 0.05) is 31.6 Å². The number of carbonyl (C=O) groups is 2. The molecule has 0 aromatic rings. The molecule has 0 aromatic heterocycles. The Bertz CT molecular complexity index is 786. The smallest absolute Gasteiger partial charge is 0.223 e. The molecular formula is C27H42N4O2. The van der Waals surface area contributed by atoms with E-state index in [1.807, 2.05) is 46.0 Å². The van der Waals surface area contributed by atoms with E-state index < -0.39 is 0 Å². The van der Waals surface area contributed by atoms with Crippen molar-refractivity contribution in [3.63, 3.8) is 0 Å². The molecule has 33 heavy (non-hydrogen) atoms. The Hall–Kier alpha value is -2.99. The van der Waals surface area contributed by atoms with Crippen LogP contribution in [-0.2, 0) is 9.59 Å². The first kappa shape index (κ1) is 30.0. The second-order valence-corrected chi connectivity index (χ2v) is 7.10. The number of rotatable bonds is 8. The Morgan fingerprint density at radius 3 is 2.48 bits per heavy atom. The minimum Gasteiger partial charge on any atom is -0.368 e. The molecule has 1 amide bonds. The molecule has 2 aliphatic rings. The fraction of sp³-hybridized carbons (Fsp3) is 0.444. The number of amides is 1. The Morgan fingerprint density at radius 2 is 1.82 bits per heavy atom. The number of aldehydes is 1. The predicted octanol–water partition coefficient (Wildman–Crippen LogP) is 4.06. The number of allylic oxidation sites excluding steroid dienone is 10. The number of aliphatic imine (C=N–C) groups is 1. The third-order valence-electron chi connectivity index (χ3n) is 4.70. The molecule has 0 heterocycles. The lowest BCUT2D eigenvalue weighted by Gasteiger charge is -2.19. The van der Waals surface area contributed by atoms with Gasteiger partial charge in [-0.25, -0.2) is 0 Å². The molecule has 0 fully saturated rings. The zero-order chi connectivity index (χ0) is 24.9. The van der Waals surface area contributed by atoms with Crippen LogP contribution in [0.15, 0.2) is 76.9 Å². The van der Waals surface area contributed by atoms with Crippen molar-refractivity contribution in [1.82, 2.24) is 16.0 Å². The van der Waals surface area contributed by atoms with E-state index in [0.717, 1.165) is 30.5 Å². The summed E-state index contributed by atoms with van der Waals surface area (Å²) in [7, 11) is 3.70. The van der Waals surface area contributed by atoms with E-state index in [0.29, 0.717) is 13.1 Å². The molecule has 0 aromatic carbocycles. The quantitative estimate of drug-likeness (QED) is 0.224. The molecule has 0 radical (unpaired) electrons. The van der Waals surface area contributed by atoms with Gasteiger partial charge < -0.3 is 20.7 Å². The highest BCUT2D eigenvalue weighted by molar-refractivity contribution is 6.00. The van der Waals surface area contributed by atoms with E-state index in [-0.39, 0.29) is 17.9 Å². The summed E-state index contributed by atoms with van der Waals surface area (Å²) in [6.45, 7) is 8.59. The highest BCUT2D eigenvalue weighted by Crippen LogP contribution is 2.15. The third kappa shape index (κ3) is 12.6. The Balaban J connectivity index is 0.00000189. The van der Waals surface area contributed by atoms with Gasteiger partial charge in [-0.2, -0.15) is 0 Å². The highest BCUT2D eigenvalue weighted by atomic mass is 16.1. The van der Waals surface area contributed by atoms with Gasteiger partial charge in [0.15, 0.2) is 0 Å². The maximum absolute atomic E-state index is 12.4. The second-order valence-electron chi connectivity index (χ2n) is 7.10. The fourth-order valence-electron chi connectivity index (χ4n) is 3.14. The number of amidine groups is 1. The fourth-order valence-corrected chi connectivity index (χ4v) is 3.14. The third-order valence-corrected chi connectivity index (χ3v) is 4.70. The summed E-state index contributed by atoms with van der Waals surface area (Å²) in [6.07, 6.45) is 23.1. The molecule has 0 bridgehead atoms. The Labute approximate surface area is 200 Å². The van der Waals surface area contributed by atoms with Crippen molar-refractivity contribution in [2.24, 2.45) is 10.9 Å². The lowest BCUT2D eigenvalue weighted by molar-refractivity contribution is -0.124. The van der Waals surface area contributed by atoms with E-state index in [2.05, 4.69) is 63.5 Å². The van der Waals surface area contributed by atoms with Crippen molar-refractivity contribution in [2.45, 2.75) is 46.6 Å². The normalized spacial score (nSPS) is 17.6. The highest BCUT2D eigenvalue weighted by Gasteiger charge is 2.16. The molecule has 6 nitrogen and oxygen atoms in total. The summed E-state index contributed by atoms with van der Waals surface area (Å²) < 4.78 is 0. The van der Waals surface area contributed by atoms with Crippen LogP contribution in [0.4, 0.5) is 0 Å². The van der Waals surface area contributed by atoms with Gasteiger partial charge in [-0.1, -0.05) is 81.5 Å². The van der Waals surface area contributed by atoms with Crippen LogP contribution < -0.4 is 16.0 Å². The van der Waals surface area contributed by atoms with Crippen molar-refractivity contribution >= 4 is 18.0 Å². The molecule has 0 saturated carbocycles. The van der Waals surface area contributed by atoms with Crippen LogP contribution in [0.5, 0.6) is 0 Å². The van der Waals surface area contributed by atoms with E-state index in [4.69, 9.17) is 4.79 Å². The minimum atomic E-state index is -0.0600. The average molecular weight is 455 g/mol. The van der Waals surface area contributed by atoms with Crippen LogP contribution >= 0.6 is 0 Å². The summed E-state index contributed by atoms with van der Waals surface area (Å²) in [4.78, 5) is 25.6. The lowest BCUT2D eigenvalue weighted by Crippen LogP contribution is -2.40. The van der Waals surface area contributed by atoms with E-state index in [1.165, 1.54) is 12.5 Å². The van der Waals surface area contributed by atoms with Crippen LogP contribution in [0, 0.1) is 5.92 Å². The summed E-state index contributed by atoms with van der Waals surface area (Å²) in [6, 6.07) is 0.103. The van der Waals surface area contributed by atoms with Gasteiger partial charge in [0.1, 0.15) is 12.1 Å². The number of nitrogens with zero attached hydrogens (tertiary/aromatic N) is 1. The van der Waals surface area contributed by atoms with Crippen LogP contribution in [-0.4, -0.2) is 51.3 Å². The molecule has 0 spiro atoms. The lowest BCUT2D eigenvalue weighted by atomic mass is 10.00. The number of nitrogens with one attached hydrogen (secondary N) is 3. The SMILES string of the molecule is CC.CC=O.CN=C(NCCNC(=O)C(C)CC1=CC=CCC=C1)C1=CC=CC=CC1NC.